The van der Waals surface area contributed by atoms with Gasteiger partial charge in [-0.1, -0.05) is 12.1 Å². The molecule has 8 heteroatoms. The number of carbonyl (C=O) groups is 1. The number of aromatic nitrogens is 4. The second-order valence-electron chi connectivity index (χ2n) is 8.33. The summed E-state index contributed by atoms with van der Waals surface area (Å²) < 4.78 is 0. The van der Waals surface area contributed by atoms with E-state index in [-0.39, 0.29) is 18.0 Å². The van der Waals surface area contributed by atoms with Crippen LogP contribution in [0.15, 0.2) is 54.9 Å². The molecule has 4 aromatic rings. The van der Waals surface area contributed by atoms with Gasteiger partial charge in [0.05, 0.1) is 11.7 Å². The molecule has 1 aliphatic rings. The predicted molar refractivity (Wildman–Crippen MR) is 126 cm³/mol. The minimum absolute atomic E-state index is 0.0353. The highest BCUT2D eigenvalue weighted by Crippen LogP contribution is 2.30. The first-order chi connectivity index (χ1) is 15.5. The Morgan fingerprint density at radius 2 is 2.06 bits per heavy atom. The van der Waals surface area contributed by atoms with E-state index < -0.39 is 0 Å². The van der Waals surface area contributed by atoms with E-state index in [0.29, 0.717) is 11.6 Å². The Labute approximate surface area is 185 Å². The maximum atomic E-state index is 12.4. The number of nitrogens with one attached hydrogen (secondary N) is 4. The van der Waals surface area contributed by atoms with Crippen molar-refractivity contribution < 1.29 is 4.79 Å². The molecule has 0 saturated carbocycles. The van der Waals surface area contributed by atoms with E-state index in [9.17, 15) is 4.79 Å². The first kappa shape index (κ1) is 20.0. The zero-order valence-corrected chi connectivity index (χ0v) is 18.0. The van der Waals surface area contributed by atoms with Crippen molar-refractivity contribution in [1.29, 1.82) is 0 Å². The second-order valence-corrected chi connectivity index (χ2v) is 8.33. The van der Waals surface area contributed by atoms with Crippen LogP contribution in [0.3, 0.4) is 0 Å². The lowest BCUT2D eigenvalue weighted by Crippen LogP contribution is -2.44. The van der Waals surface area contributed by atoms with Crippen molar-refractivity contribution >= 4 is 34.0 Å². The molecular weight excluding hydrogens is 402 g/mol. The number of nitrogens with zero attached hydrogens (tertiary/aromatic N) is 3. The van der Waals surface area contributed by atoms with Gasteiger partial charge in [0.2, 0.25) is 5.91 Å². The first-order valence-electron chi connectivity index (χ1n) is 10.8. The highest BCUT2D eigenvalue weighted by Gasteiger charge is 2.24. The lowest BCUT2D eigenvalue weighted by Gasteiger charge is -2.27. The Kier molecular flexibility index (Phi) is 5.18. The average molecular weight is 428 g/mol. The normalized spacial score (nSPS) is 15.3. The molecule has 2 aromatic carbocycles. The van der Waals surface area contributed by atoms with Crippen LogP contribution in [0, 0.1) is 0 Å². The van der Waals surface area contributed by atoms with Crippen molar-refractivity contribution in [2.75, 3.05) is 10.6 Å². The van der Waals surface area contributed by atoms with Crippen LogP contribution in [0.25, 0.3) is 22.3 Å². The highest BCUT2D eigenvalue weighted by atomic mass is 16.2. The number of hydrogen-bond acceptors (Lipinski definition) is 6. The molecule has 3 heterocycles. The third-order valence-corrected chi connectivity index (χ3v) is 5.52. The highest BCUT2D eigenvalue weighted by molar-refractivity contribution is 5.86. The summed E-state index contributed by atoms with van der Waals surface area (Å²) in [6, 6.07) is 13.9. The van der Waals surface area contributed by atoms with E-state index >= 15 is 0 Å². The van der Waals surface area contributed by atoms with E-state index in [0.717, 1.165) is 40.7 Å². The molecule has 5 rings (SSSR count). The lowest BCUT2D eigenvalue weighted by molar-refractivity contribution is -0.122. The fourth-order valence-electron chi connectivity index (χ4n) is 3.95. The maximum Gasteiger partial charge on any atom is 0.242 e. The van der Waals surface area contributed by atoms with Crippen LogP contribution in [-0.4, -0.2) is 38.2 Å². The zero-order chi connectivity index (χ0) is 22.1. The summed E-state index contributed by atoms with van der Waals surface area (Å²) in [6.07, 6.45) is 5.17. The molecule has 1 atom stereocenters. The number of aromatic amines is 1. The maximum absolute atomic E-state index is 12.4. The van der Waals surface area contributed by atoms with Crippen LogP contribution in [0.4, 0.5) is 17.2 Å². The number of anilines is 3. The van der Waals surface area contributed by atoms with Crippen LogP contribution in [0.5, 0.6) is 0 Å². The number of hydrogen-bond donors (Lipinski definition) is 4. The number of amides is 1. The quantitative estimate of drug-likeness (QED) is 0.383. The zero-order valence-electron chi connectivity index (χ0n) is 18.0. The van der Waals surface area contributed by atoms with Gasteiger partial charge in [-0.25, -0.2) is 9.97 Å². The monoisotopic (exact) mass is 427 g/mol. The molecule has 0 bridgehead atoms. The van der Waals surface area contributed by atoms with E-state index in [1.165, 1.54) is 5.56 Å². The Balaban J connectivity index is 1.37. The van der Waals surface area contributed by atoms with E-state index in [4.69, 9.17) is 4.98 Å². The minimum Gasteiger partial charge on any atom is -0.373 e. The van der Waals surface area contributed by atoms with Crippen LogP contribution in [0.2, 0.25) is 0 Å². The molecule has 0 saturated heterocycles. The lowest BCUT2D eigenvalue weighted by atomic mass is 9.96. The van der Waals surface area contributed by atoms with Crippen molar-refractivity contribution in [2.24, 2.45) is 0 Å². The van der Waals surface area contributed by atoms with Crippen molar-refractivity contribution in [3.8, 4) is 11.4 Å². The van der Waals surface area contributed by atoms with Crippen LogP contribution >= 0.6 is 0 Å². The molecule has 1 amide bonds. The summed E-state index contributed by atoms with van der Waals surface area (Å²) in [5, 5.41) is 17.8. The molecule has 0 radical (unpaired) electrons. The second kappa shape index (κ2) is 8.30. The molecule has 1 unspecified atom stereocenters. The van der Waals surface area contributed by atoms with E-state index in [1.807, 2.05) is 50.2 Å². The van der Waals surface area contributed by atoms with Gasteiger partial charge in [-0.05, 0) is 62.6 Å². The van der Waals surface area contributed by atoms with Gasteiger partial charge in [0.15, 0.2) is 5.82 Å². The number of aryl methyl sites for hydroxylation is 1. The summed E-state index contributed by atoms with van der Waals surface area (Å²) in [4.78, 5) is 21.6. The van der Waals surface area contributed by atoms with E-state index in [2.05, 4.69) is 37.2 Å². The third kappa shape index (κ3) is 4.12. The van der Waals surface area contributed by atoms with Gasteiger partial charge in [-0.15, -0.1) is 0 Å². The van der Waals surface area contributed by atoms with Gasteiger partial charge in [0.25, 0.3) is 0 Å². The van der Waals surface area contributed by atoms with Gasteiger partial charge in [-0.3, -0.25) is 9.89 Å². The summed E-state index contributed by atoms with van der Waals surface area (Å²) in [5.74, 6) is 1.36. The fourth-order valence-corrected chi connectivity index (χ4v) is 3.95. The Morgan fingerprint density at radius 1 is 1.16 bits per heavy atom. The van der Waals surface area contributed by atoms with Gasteiger partial charge >= 0.3 is 0 Å². The van der Waals surface area contributed by atoms with E-state index in [1.54, 1.807) is 12.4 Å². The van der Waals surface area contributed by atoms with Crippen LogP contribution in [0.1, 0.15) is 25.8 Å². The van der Waals surface area contributed by atoms with Gasteiger partial charge in [0.1, 0.15) is 11.9 Å². The molecule has 0 aliphatic carbocycles. The summed E-state index contributed by atoms with van der Waals surface area (Å²) in [7, 11) is 0. The molecule has 2 aromatic heterocycles. The van der Waals surface area contributed by atoms with Gasteiger partial charge in [0, 0.05) is 34.6 Å². The number of rotatable bonds is 5. The van der Waals surface area contributed by atoms with Crippen LogP contribution < -0.4 is 16.0 Å². The Morgan fingerprint density at radius 3 is 2.94 bits per heavy atom. The average Bonchev–Trinajstić information content (AvgIpc) is 3.26. The van der Waals surface area contributed by atoms with Crippen LogP contribution in [-0.2, 0) is 11.2 Å². The van der Waals surface area contributed by atoms with Crippen molar-refractivity contribution in [2.45, 2.75) is 38.8 Å². The topological polar surface area (TPSA) is 108 Å². The molecular formula is C24H25N7O. The molecule has 32 heavy (non-hydrogen) atoms. The van der Waals surface area contributed by atoms with Crippen molar-refractivity contribution in [3.63, 3.8) is 0 Å². The summed E-state index contributed by atoms with van der Waals surface area (Å²) >= 11 is 0. The minimum atomic E-state index is -0.230. The third-order valence-electron chi connectivity index (χ3n) is 5.52. The SMILES string of the molecule is CC(C)NC(=O)C1CCc2ccc(-c3nccc(Nc4ccc5[nH]ncc5c4)n3)cc2N1. The number of fused-ring (bicyclic) bond motifs is 2. The molecule has 162 valence electrons. The smallest absolute Gasteiger partial charge is 0.242 e. The van der Waals surface area contributed by atoms with Crippen molar-refractivity contribution in [3.05, 3.63) is 60.4 Å². The largest absolute Gasteiger partial charge is 0.373 e. The molecule has 1 aliphatic heterocycles. The van der Waals surface area contributed by atoms with Gasteiger partial charge in [-0.2, -0.15) is 5.10 Å². The molecule has 0 fully saturated rings. The summed E-state index contributed by atoms with van der Waals surface area (Å²) in [5.41, 5.74) is 4.97. The molecule has 4 N–H and O–H groups in total. The molecule has 8 nitrogen and oxygen atoms in total. The summed E-state index contributed by atoms with van der Waals surface area (Å²) in [6.45, 7) is 3.94. The standard InChI is InChI=1S/C24H25N7O/c1-14(2)27-24(32)20-7-5-15-3-4-16(12-21(15)29-20)23-25-10-9-22(30-23)28-18-6-8-19-17(11-18)13-26-31-19/h3-4,6,8-14,20,29H,5,7H2,1-2H3,(H,26,31)(H,27,32)(H,25,28,30). The fraction of sp³-hybridized carbons (Fsp3) is 0.250. The van der Waals surface area contributed by atoms with Crippen molar-refractivity contribution in [1.82, 2.24) is 25.5 Å². The molecule has 0 spiro atoms. The Bertz CT molecular complexity index is 1280. The first-order valence-corrected chi connectivity index (χ1v) is 10.8. The predicted octanol–water partition coefficient (Wildman–Crippen LogP) is 4.01. The van der Waals surface area contributed by atoms with Gasteiger partial charge < -0.3 is 16.0 Å². The Hall–Kier alpha value is -3.94. The number of H-pyrrole nitrogens is 1. The number of benzene rings is 2. The number of carbonyl (C=O) groups excluding carboxylic acids is 1.